The number of nitrogens with two attached hydrogens (primary N) is 2. The molecule has 112 valence electrons. The van der Waals surface area contributed by atoms with Gasteiger partial charge in [-0.15, -0.1) is 22.7 Å². The molecule has 0 radical (unpaired) electrons. The largest absolute Gasteiger partial charge is 0.465 e. The summed E-state index contributed by atoms with van der Waals surface area (Å²) in [5.74, 6) is -1.25. The second-order valence-corrected chi connectivity index (χ2v) is 6.21. The highest BCUT2D eigenvalue weighted by atomic mass is 32.1. The van der Waals surface area contributed by atoms with E-state index >= 15 is 0 Å². The van der Waals surface area contributed by atoms with Gasteiger partial charge in [0, 0.05) is 11.4 Å². The molecule has 2 heterocycles. The molecule has 0 atom stereocenters. The van der Waals surface area contributed by atoms with E-state index in [4.69, 9.17) is 11.5 Å². The average molecular weight is 325 g/mol. The lowest BCUT2D eigenvalue weighted by molar-refractivity contribution is 0.0607. The first kappa shape index (κ1) is 15.3. The molecular formula is C13H15N3O3S2. The fraction of sp³-hybridized carbons (Fsp3) is 0.231. The summed E-state index contributed by atoms with van der Waals surface area (Å²) in [6.07, 6.45) is 0.807. The number of thiophene rings is 2. The molecule has 0 fully saturated rings. The van der Waals surface area contributed by atoms with Gasteiger partial charge in [0.15, 0.2) is 0 Å². The summed E-state index contributed by atoms with van der Waals surface area (Å²) in [4.78, 5) is 24.5. The van der Waals surface area contributed by atoms with Crippen molar-refractivity contribution in [2.75, 3.05) is 24.7 Å². The van der Waals surface area contributed by atoms with Crippen LogP contribution in [0, 0.1) is 0 Å². The first-order valence-electron chi connectivity index (χ1n) is 6.11. The summed E-state index contributed by atoms with van der Waals surface area (Å²) in [5.41, 5.74) is 11.4. The Bertz CT molecular complexity index is 650. The number of amides is 1. The van der Waals surface area contributed by atoms with Gasteiger partial charge in [0.05, 0.1) is 18.4 Å². The molecule has 0 aliphatic rings. The molecule has 0 aliphatic heterocycles. The Morgan fingerprint density at radius 2 is 2.19 bits per heavy atom. The van der Waals surface area contributed by atoms with Crippen LogP contribution >= 0.6 is 22.7 Å². The van der Waals surface area contributed by atoms with E-state index in [1.807, 2.05) is 17.5 Å². The Labute approximate surface area is 129 Å². The lowest BCUT2D eigenvalue weighted by Gasteiger charge is -2.04. The topological polar surface area (TPSA) is 107 Å². The first-order valence-corrected chi connectivity index (χ1v) is 7.80. The number of nitrogens with one attached hydrogen (secondary N) is 1. The molecule has 0 saturated heterocycles. The second-order valence-electron chi connectivity index (χ2n) is 4.16. The maximum Gasteiger partial charge on any atom is 0.350 e. The van der Waals surface area contributed by atoms with Crippen molar-refractivity contribution in [1.29, 1.82) is 0 Å². The van der Waals surface area contributed by atoms with Gasteiger partial charge in [0.25, 0.3) is 5.91 Å². The molecule has 0 aliphatic carbocycles. The Morgan fingerprint density at radius 3 is 2.76 bits per heavy atom. The zero-order valence-electron chi connectivity index (χ0n) is 11.3. The van der Waals surface area contributed by atoms with Gasteiger partial charge in [-0.05, 0) is 17.9 Å². The van der Waals surface area contributed by atoms with Crippen LogP contribution in [-0.2, 0) is 11.2 Å². The third-order valence-corrected chi connectivity index (χ3v) is 4.88. The Balaban J connectivity index is 2.17. The van der Waals surface area contributed by atoms with Crippen molar-refractivity contribution in [3.8, 4) is 0 Å². The number of carbonyl (C=O) groups excluding carboxylic acids is 2. The monoisotopic (exact) mass is 325 g/mol. The smallest absolute Gasteiger partial charge is 0.350 e. The van der Waals surface area contributed by atoms with Crippen LogP contribution in [0.15, 0.2) is 17.5 Å². The van der Waals surface area contributed by atoms with Crippen LogP contribution in [0.5, 0.6) is 0 Å². The van der Waals surface area contributed by atoms with E-state index in [0.29, 0.717) is 11.5 Å². The van der Waals surface area contributed by atoms with Crippen LogP contribution < -0.4 is 16.8 Å². The average Bonchev–Trinajstić information content (AvgIpc) is 3.06. The summed E-state index contributed by atoms with van der Waals surface area (Å²) in [6, 6.07) is 4.01. The summed E-state index contributed by atoms with van der Waals surface area (Å²) < 4.78 is 4.64. The summed E-state index contributed by atoms with van der Waals surface area (Å²) >= 11 is 2.73. The number of primary amides is 1. The number of carbonyl (C=O) groups is 2. The van der Waals surface area contributed by atoms with Gasteiger partial charge in [-0.3, -0.25) is 4.79 Å². The van der Waals surface area contributed by atoms with E-state index in [9.17, 15) is 9.59 Å². The van der Waals surface area contributed by atoms with Crippen molar-refractivity contribution < 1.29 is 14.3 Å². The van der Waals surface area contributed by atoms with Crippen LogP contribution in [0.2, 0.25) is 0 Å². The highest BCUT2D eigenvalue weighted by Gasteiger charge is 2.24. The van der Waals surface area contributed by atoms with E-state index in [0.717, 1.165) is 17.8 Å². The quantitative estimate of drug-likeness (QED) is 0.703. The molecule has 2 rings (SSSR count). The molecule has 21 heavy (non-hydrogen) atoms. The minimum Gasteiger partial charge on any atom is -0.465 e. The Morgan fingerprint density at radius 1 is 1.43 bits per heavy atom. The van der Waals surface area contributed by atoms with Gasteiger partial charge in [-0.25, -0.2) is 4.79 Å². The Hall–Kier alpha value is -2.06. The molecule has 0 unspecified atom stereocenters. The van der Waals surface area contributed by atoms with Crippen molar-refractivity contribution in [1.82, 2.24) is 0 Å². The van der Waals surface area contributed by atoms with Crippen LogP contribution in [0.1, 0.15) is 24.9 Å². The van der Waals surface area contributed by atoms with Gasteiger partial charge < -0.3 is 21.5 Å². The summed E-state index contributed by atoms with van der Waals surface area (Å²) in [5, 5.41) is 5.61. The minimum absolute atomic E-state index is 0.0676. The van der Waals surface area contributed by atoms with Gasteiger partial charge in [0.2, 0.25) is 0 Å². The van der Waals surface area contributed by atoms with E-state index in [1.54, 1.807) is 11.3 Å². The molecule has 2 aromatic rings. The van der Waals surface area contributed by atoms with Crippen LogP contribution in [0.25, 0.3) is 0 Å². The molecule has 6 nitrogen and oxygen atoms in total. The lowest BCUT2D eigenvalue weighted by Crippen LogP contribution is -2.16. The lowest BCUT2D eigenvalue weighted by atomic mass is 10.2. The van der Waals surface area contributed by atoms with Crippen molar-refractivity contribution in [3.05, 3.63) is 32.8 Å². The molecular weight excluding hydrogens is 310 g/mol. The zero-order chi connectivity index (χ0) is 15.4. The maximum absolute atomic E-state index is 11.6. The highest BCUT2D eigenvalue weighted by molar-refractivity contribution is 7.19. The van der Waals surface area contributed by atoms with E-state index in [-0.39, 0.29) is 16.1 Å². The SMILES string of the molecule is COC(=O)c1sc(NCCc2cccs2)c(C(N)=O)c1N. The van der Waals surface area contributed by atoms with Crippen molar-refractivity contribution in [2.45, 2.75) is 6.42 Å². The summed E-state index contributed by atoms with van der Waals surface area (Å²) in [7, 11) is 1.26. The number of hydrogen-bond acceptors (Lipinski definition) is 7. The predicted molar refractivity (Wildman–Crippen MR) is 85.1 cm³/mol. The fourth-order valence-electron chi connectivity index (χ4n) is 1.81. The third-order valence-electron chi connectivity index (χ3n) is 2.80. The van der Waals surface area contributed by atoms with Gasteiger partial charge in [0.1, 0.15) is 9.88 Å². The number of hydrogen-bond donors (Lipinski definition) is 3. The van der Waals surface area contributed by atoms with Crippen molar-refractivity contribution in [2.24, 2.45) is 5.73 Å². The molecule has 8 heteroatoms. The molecule has 5 N–H and O–H groups in total. The zero-order valence-corrected chi connectivity index (χ0v) is 13.0. The standard InChI is InChI=1S/C13H15N3O3S2/c1-19-13(18)10-9(14)8(11(15)17)12(21-10)16-5-4-7-3-2-6-20-7/h2-3,6,16H,4-5,14H2,1H3,(H2,15,17). The van der Waals surface area contributed by atoms with Gasteiger partial charge >= 0.3 is 5.97 Å². The molecule has 1 amide bonds. The van der Waals surface area contributed by atoms with Gasteiger partial charge in [-0.1, -0.05) is 6.07 Å². The highest BCUT2D eigenvalue weighted by Crippen LogP contribution is 2.35. The molecule has 0 bridgehead atoms. The number of esters is 1. The second kappa shape index (κ2) is 6.59. The normalized spacial score (nSPS) is 10.3. The maximum atomic E-state index is 11.6. The van der Waals surface area contributed by atoms with Gasteiger partial charge in [-0.2, -0.15) is 0 Å². The number of ether oxygens (including phenoxy) is 1. The van der Waals surface area contributed by atoms with Crippen molar-refractivity contribution in [3.63, 3.8) is 0 Å². The number of nitrogen functional groups attached to an aromatic ring is 1. The van der Waals surface area contributed by atoms with Crippen LogP contribution in [0.3, 0.4) is 0 Å². The number of anilines is 2. The molecule has 0 aromatic carbocycles. The van der Waals surface area contributed by atoms with E-state index in [1.165, 1.54) is 12.0 Å². The number of rotatable bonds is 6. The molecule has 2 aromatic heterocycles. The van der Waals surface area contributed by atoms with Crippen molar-refractivity contribution >= 4 is 45.2 Å². The predicted octanol–water partition coefficient (Wildman–Crippen LogP) is 1.93. The summed E-state index contributed by atoms with van der Waals surface area (Å²) in [6.45, 7) is 0.612. The third kappa shape index (κ3) is 3.34. The molecule has 0 spiro atoms. The van der Waals surface area contributed by atoms with E-state index < -0.39 is 11.9 Å². The van der Waals surface area contributed by atoms with E-state index in [2.05, 4.69) is 10.1 Å². The van der Waals surface area contributed by atoms with Crippen LogP contribution in [-0.4, -0.2) is 25.5 Å². The molecule has 0 saturated carbocycles. The van der Waals surface area contributed by atoms with Crippen LogP contribution in [0.4, 0.5) is 10.7 Å². The number of methoxy groups -OCH3 is 1. The first-order chi connectivity index (χ1) is 10.0. The Kier molecular flexibility index (Phi) is 4.81. The minimum atomic E-state index is -0.669. The fourth-order valence-corrected chi connectivity index (χ4v) is 3.59.